The molecule has 0 aliphatic heterocycles. The lowest BCUT2D eigenvalue weighted by molar-refractivity contribution is 0.0600. The molecule has 1 rings (SSSR count). The monoisotopic (exact) mass is 301 g/mol. The number of aryl methyl sites for hydroxylation is 1. The Bertz CT molecular complexity index is 578. The molecule has 0 unspecified atom stereocenters. The summed E-state index contributed by atoms with van der Waals surface area (Å²) in [6.07, 6.45) is 0.464. The topological polar surface area (TPSA) is 92.7 Å². The fourth-order valence-electron chi connectivity index (χ4n) is 1.67. The molecule has 0 aliphatic rings. The highest BCUT2D eigenvalue weighted by Crippen LogP contribution is 2.18. The van der Waals surface area contributed by atoms with Gasteiger partial charge in [-0.05, 0) is 31.0 Å². The first-order valence-corrected chi connectivity index (χ1v) is 7.66. The average Bonchev–Trinajstić information content (AvgIpc) is 2.44. The van der Waals surface area contributed by atoms with Gasteiger partial charge in [-0.2, -0.15) is 0 Å². The van der Waals surface area contributed by atoms with E-state index in [1.165, 1.54) is 19.2 Å². The number of aliphatic hydroxyl groups excluding tert-OH is 1. The van der Waals surface area contributed by atoms with Gasteiger partial charge >= 0.3 is 5.97 Å². The predicted octanol–water partition coefficient (Wildman–Crippen LogP) is 0.831. The van der Waals surface area contributed by atoms with E-state index in [9.17, 15) is 13.2 Å². The number of carbonyl (C=O) groups is 1. The minimum atomic E-state index is -3.80. The Hall–Kier alpha value is -1.44. The highest BCUT2D eigenvalue weighted by Gasteiger charge is 2.22. The summed E-state index contributed by atoms with van der Waals surface area (Å²) in [6, 6.07) is 3.76. The second-order valence-electron chi connectivity index (χ2n) is 4.38. The number of methoxy groups -OCH3 is 1. The molecule has 1 aromatic carbocycles. The van der Waals surface area contributed by atoms with Crippen LogP contribution in [0.4, 0.5) is 0 Å². The standard InChI is InChI=1S/C13H19NO5S/c1-4-11(8-15)14-20(17,18)12-7-10(13(16)19-3)6-5-9(12)2/h5-7,11,14-15H,4,8H2,1-3H3/t11-/m1/s1. The fourth-order valence-corrected chi connectivity index (χ4v) is 3.25. The van der Waals surface area contributed by atoms with Gasteiger partial charge in [0, 0.05) is 6.04 Å². The van der Waals surface area contributed by atoms with Crippen LogP contribution in [0.3, 0.4) is 0 Å². The van der Waals surface area contributed by atoms with Gasteiger partial charge in [-0.3, -0.25) is 0 Å². The van der Waals surface area contributed by atoms with E-state index in [-0.39, 0.29) is 17.1 Å². The summed E-state index contributed by atoms with van der Waals surface area (Å²) < 4.78 is 31.5. The summed E-state index contributed by atoms with van der Waals surface area (Å²) in [5.74, 6) is -0.601. The number of hydrogen-bond acceptors (Lipinski definition) is 5. The predicted molar refractivity (Wildman–Crippen MR) is 74.0 cm³/mol. The van der Waals surface area contributed by atoms with Crippen LogP contribution in [-0.2, 0) is 14.8 Å². The Morgan fingerprint density at radius 3 is 2.60 bits per heavy atom. The first kappa shape index (κ1) is 16.6. The van der Waals surface area contributed by atoms with E-state index in [0.29, 0.717) is 12.0 Å². The molecular formula is C13H19NO5S. The Balaban J connectivity index is 3.20. The van der Waals surface area contributed by atoms with Crippen LogP contribution >= 0.6 is 0 Å². The van der Waals surface area contributed by atoms with Gasteiger partial charge in [0.15, 0.2) is 0 Å². The number of carbonyl (C=O) groups excluding carboxylic acids is 1. The molecule has 6 nitrogen and oxygen atoms in total. The van der Waals surface area contributed by atoms with Crippen molar-refractivity contribution >= 4 is 16.0 Å². The zero-order chi connectivity index (χ0) is 15.3. The van der Waals surface area contributed by atoms with Gasteiger partial charge in [0.05, 0.1) is 24.2 Å². The van der Waals surface area contributed by atoms with Gasteiger partial charge in [-0.25, -0.2) is 17.9 Å². The molecule has 0 heterocycles. The molecule has 0 bridgehead atoms. The normalized spacial score (nSPS) is 13.0. The molecule has 7 heteroatoms. The van der Waals surface area contributed by atoms with Crippen molar-refractivity contribution in [1.29, 1.82) is 0 Å². The molecule has 0 aliphatic carbocycles. The highest BCUT2D eigenvalue weighted by atomic mass is 32.2. The van der Waals surface area contributed by atoms with Gasteiger partial charge in [-0.15, -0.1) is 0 Å². The van der Waals surface area contributed by atoms with Crippen LogP contribution in [0.15, 0.2) is 23.1 Å². The summed E-state index contributed by atoms with van der Waals surface area (Å²) in [5.41, 5.74) is 0.675. The summed E-state index contributed by atoms with van der Waals surface area (Å²) in [7, 11) is -2.57. The number of rotatable bonds is 6. The highest BCUT2D eigenvalue weighted by molar-refractivity contribution is 7.89. The molecule has 0 aromatic heterocycles. The molecule has 2 N–H and O–H groups in total. The number of esters is 1. The van der Waals surface area contributed by atoms with E-state index < -0.39 is 22.0 Å². The number of sulfonamides is 1. The fraction of sp³-hybridized carbons (Fsp3) is 0.462. The van der Waals surface area contributed by atoms with Gasteiger partial charge < -0.3 is 9.84 Å². The molecule has 0 amide bonds. The van der Waals surface area contributed by atoms with Gasteiger partial charge in [0.2, 0.25) is 10.0 Å². The van der Waals surface area contributed by atoms with E-state index in [1.807, 2.05) is 0 Å². The SMILES string of the molecule is CC[C@H](CO)NS(=O)(=O)c1cc(C(=O)OC)ccc1C. The maximum Gasteiger partial charge on any atom is 0.337 e. The lowest BCUT2D eigenvalue weighted by atomic mass is 10.1. The number of benzene rings is 1. The largest absolute Gasteiger partial charge is 0.465 e. The van der Waals surface area contributed by atoms with Crippen molar-refractivity contribution in [3.05, 3.63) is 29.3 Å². The Morgan fingerprint density at radius 2 is 2.10 bits per heavy atom. The molecule has 1 atom stereocenters. The molecule has 0 radical (unpaired) electrons. The number of ether oxygens (including phenoxy) is 1. The van der Waals surface area contributed by atoms with Crippen LogP contribution in [0.2, 0.25) is 0 Å². The van der Waals surface area contributed by atoms with E-state index in [2.05, 4.69) is 9.46 Å². The third kappa shape index (κ3) is 3.78. The number of nitrogens with one attached hydrogen (secondary N) is 1. The smallest absolute Gasteiger partial charge is 0.337 e. The van der Waals surface area contributed by atoms with Crippen LogP contribution in [0, 0.1) is 6.92 Å². The van der Waals surface area contributed by atoms with Gasteiger partial charge in [-0.1, -0.05) is 13.0 Å². The lowest BCUT2D eigenvalue weighted by Crippen LogP contribution is -2.37. The van der Waals surface area contributed by atoms with Crippen molar-refractivity contribution in [1.82, 2.24) is 4.72 Å². The number of hydrogen-bond donors (Lipinski definition) is 2. The van der Waals surface area contributed by atoms with Crippen LogP contribution < -0.4 is 4.72 Å². The quantitative estimate of drug-likeness (QED) is 0.759. The summed E-state index contributed by atoms with van der Waals surface area (Å²) in [6.45, 7) is 3.11. The Labute approximate surface area is 118 Å². The molecule has 112 valence electrons. The van der Waals surface area contributed by atoms with Crippen LogP contribution in [-0.4, -0.2) is 39.3 Å². The molecule has 0 saturated heterocycles. The molecule has 0 spiro atoms. The van der Waals surface area contributed by atoms with Crippen molar-refractivity contribution in [2.45, 2.75) is 31.2 Å². The maximum absolute atomic E-state index is 12.3. The first-order valence-electron chi connectivity index (χ1n) is 6.17. The van der Waals surface area contributed by atoms with Gasteiger partial charge in [0.25, 0.3) is 0 Å². The first-order chi connectivity index (χ1) is 9.35. The van der Waals surface area contributed by atoms with Crippen LogP contribution in [0.5, 0.6) is 0 Å². The number of aliphatic hydroxyl groups is 1. The summed E-state index contributed by atoms with van der Waals surface area (Å²) in [5, 5.41) is 9.09. The average molecular weight is 301 g/mol. The van der Waals surface area contributed by atoms with E-state index >= 15 is 0 Å². The minimum absolute atomic E-state index is 0.00676. The Morgan fingerprint density at radius 1 is 1.45 bits per heavy atom. The van der Waals surface area contributed by atoms with E-state index in [1.54, 1.807) is 19.9 Å². The van der Waals surface area contributed by atoms with E-state index in [0.717, 1.165) is 0 Å². The van der Waals surface area contributed by atoms with Crippen molar-refractivity contribution < 1.29 is 23.1 Å². The summed E-state index contributed by atoms with van der Waals surface area (Å²) >= 11 is 0. The van der Waals surface area contributed by atoms with Crippen LogP contribution in [0.1, 0.15) is 29.3 Å². The minimum Gasteiger partial charge on any atom is -0.465 e. The molecule has 0 saturated carbocycles. The molecule has 20 heavy (non-hydrogen) atoms. The van der Waals surface area contributed by atoms with Crippen molar-refractivity contribution in [3.63, 3.8) is 0 Å². The maximum atomic E-state index is 12.3. The zero-order valence-electron chi connectivity index (χ0n) is 11.7. The zero-order valence-corrected chi connectivity index (χ0v) is 12.5. The third-order valence-electron chi connectivity index (χ3n) is 2.93. The molecule has 1 aromatic rings. The third-order valence-corrected chi connectivity index (χ3v) is 4.60. The van der Waals surface area contributed by atoms with E-state index in [4.69, 9.17) is 5.11 Å². The molecular weight excluding hydrogens is 282 g/mol. The van der Waals surface area contributed by atoms with Crippen molar-refractivity contribution in [3.8, 4) is 0 Å². The second-order valence-corrected chi connectivity index (χ2v) is 6.06. The summed E-state index contributed by atoms with van der Waals surface area (Å²) in [4.78, 5) is 11.5. The van der Waals surface area contributed by atoms with Gasteiger partial charge in [0.1, 0.15) is 0 Å². The molecule has 0 fully saturated rings. The lowest BCUT2D eigenvalue weighted by Gasteiger charge is -2.16. The van der Waals surface area contributed by atoms with Crippen LogP contribution in [0.25, 0.3) is 0 Å². The Kier molecular flexibility index (Phi) is 5.67. The second kappa shape index (κ2) is 6.83. The van der Waals surface area contributed by atoms with Crippen molar-refractivity contribution in [2.75, 3.05) is 13.7 Å². The van der Waals surface area contributed by atoms with Crippen molar-refractivity contribution in [2.24, 2.45) is 0 Å².